The van der Waals surface area contributed by atoms with Crippen molar-refractivity contribution in [2.75, 3.05) is 45.1 Å². The quantitative estimate of drug-likeness (QED) is 0.0611. The van der Waals surface area contributed by atoms with Gasteiger partial charge in [0.05, 0.1) is 36.2 Å². The number of halogens is 2. The zero-order valence-electron chi connectivity index (χ0n) is 32.1. The van der Waals surface area contributed by atoms with E-state index in [2.05, 4.69) is 16.0 Å². The summed E-state index contributed by atoms with van der Waals surface area (Å²) in [6.45, 7) is 5.68. The molecule has 2 aromatic carbocycles. The van der Waals surface area contributed by atoms with Gasteiger partial charge in [-0.1, -0.05) is 51.1 Å². The van der Waals surface area contributed by atoms with E-state index in [0.717, 1.165) is 46.0 Å². The number of amides is 4. The molecule has 3 aromatic rings. The normalized spacial score (nSPS) is 15.7. The maximum atomic E-state index is 14.8. The lowest BCUT2D eigenvalue weighted by atomic mass is 9.83. The molecule has 4 rings (SSSR count). The number of carbonyl (C=O) groups is 5. The van der Waals surface area contributed by atoms with Crippen molar-refractivity contribution in [2.45, 2.75) is 63.4 Å². The molecule has 1 aliphatic heterocycles. The van der Waals surface area contributed by atoms with Gasteiger partial charge in [0.15, 0.2) is 0 Å². The van der Waals surface area contributed by atoms with Gasteiger partial charge in [0.2, 0.25) is 23.6 Å². The number of carboxylic acids is 1. The smallest absolute Gasteiger partial charge is 0.321 e. The Morgan fingerprint density at radius 2 is 1.65 bits per heavy atom. The van der Waals surface area contributed by atoms with E-state index >= 15 is 0 Å². The minimum atomic E-state index is -1.22. The van der Waals surface area contributed by atoms with Crippen molar-refractivity contribution >= 4 is 41.4 Å². The SMILES string of the molecule is CC(C)(C)[C@@H](NCC[C@H](N)C(=O)NCCNC(=O)CN1C(=O)CC(SC[C@H](N)C(=O)O)C1=O)c1nn(-c2cc(F)ccc2F)cc1Cc1ccccc1.OCCO. The third-order valence-electron chi connectivity index (χ3n) is 8.64. The van der Waals surface area contributed by atoms with Gasteiger partial charge >= 0.3 is 5.97 Å². The Labute approximate surface area is 333 Å². The third-order valence-corrected chi connectivity index (χ3v) is 9.96. The fraction of sp³-hybridized carbons (Fsp3) is 0.474. The minimum Gasteiger partial charge on any atom is -0.480 e. The molecule has 2 heterocycles. The Morgan fingerprint density at radius 3 is 2.28 bits per heavy atom. The number of aliphatic hydroxyl groups excluding tert-OH is 2. The predicted octanol–water partition coefficient (Wildman–Crippen LogP) is 0.612. The van der Waals surface area contributed by atoms with Crippen LogP contribution in [0.4, 0.5) is 8.78 Å². The van der Waals surface area contributed by atoms with Crippen molar-refractivity contribution in [3.8, 4) is 5.69 Å². The van der Waals surface area contributed by atoms with Crippen LogP contribution in [0, 0.1) is 17.0 Å². The first-order valence-electron chi connectivity index (χ1n) is 18.2. The lowest BCUT2D eigenvalue weighted by molar-refractivity contribution is -0.142. The molecule has 16 nitrogen and oxygen atoms in total. The van der Waals surface area contributed by atoms with Gasteiger partial charge in [-0.25, -0.2) is 13.5 Å². The molecule has 1 unspecified atom stereocenters. The van der Waals surface area contributed by atoms with Gasteiger partial charge in [-0.15, -0.1) is 11.8 Å². The standard InChI is InChI=1S/C36H46F2N8O6S.C2H6O2/c1-36(2,3)32(31-22(15-21-7-5-4-6-8-21)18-46(44-31)27-16-23(37)9-10-24(27)38)42-12-11-25(39)33(49)43-14-13-41-29(47)19-45-30(48)17-28(34(45)50)53-20-26(40)35(51)52;3-1-2-4/h4-10,16,18,25-26,28,32,42H,11-15,17,19-20,39-40H2,1-3H3,(H,41,47)(H,43,49)(H,51,52);3-4H,1-2H2/t25-,26-,28?,32-;/m0./s1. The molecule has 57 heavy (non-hydrogen) atoms. The summed E-state index contributed by atoms with van der Waals surface area (Å²) in [6.07, 6.45) is 2.29. The zero-order valence-corrected chi connectivity index (χ0v) is 32.9. The first-order chi connectivity index (χ1) is 27.0. The van der Waals surface area contributed by atoms with Crippen molar-refractivity contribution in [2.24, 2.45) is 16.9 Å². The van der Waals surface area contributed by atoms with E-state index in [4.69, 9.17) is 31.9 Å². The highest BCUT2D eigenvalue weighted by atomic mass is 32.2. The molecule has 1 fully saturated rings. The molecule has 1 aliphatic rings. The minimum absolute atomic E-state index is 0.0161. The highest BCUT2D eigenvalue weighted by Crippen LogP contribution is 2.35. The average molecular weight is 819 g/mol. The van der Waals surface area contributed by atoms with Crippen LogP contribution in [-0.4, -0.2) is 122 Å². The van der Waals surface area contributed by atoms with Gasteiger partial charge in [0.25, 0.3) is 0 Å². The van der Waals surface area contributed by atoms with Gasteiger partial charge in [0, 0.05) is 43.9 Å². The molecule has 0 bridgehead atoms. The summed E-state index contributed by atoms with van der Waals surface area (Å²) in [6, 6.07) is 10.5. The number of nitrogens with zero attached hydrogens (tertiary/aromatic N) is 3. The Morgan fingerprint density at radius 1 is 0.982 bits per heavy atom. The first kappa shape index (κ1) is 46.6. The number of nitrogens with one attached hydrogen (secondary N) is 3. The molecular weight excluding hydrogens is 767 g/mol. The van der Waals surface area contributed by atoms with E-state index in [-0.39, 0.29) is 56.6 Å². The number of imide groups is 1. The van der Waals surface area contributed by atoms with Crippen LogP contribution < -0.4 is 27.4 Å². The molecule has 0 saturated carbocycles. The number of rotatable bonds is 19. The molecule has 0 radical (unpaired) electrons. The topological polar surface area (TPSA) is 255 Å². The van der Waals surface area contributed by atoms with Crippen molar-refractivity contribution in [1.29, 1.82) is 0 Å². The summed E-state index contributed by atoms with van der Waals surface area (Å²) in [5, 5.41) is 36.8. The molecule has 312 valence electrons. The van der Waals surface area contributed by atoms with E-state index in [9.17, 15) is 32.8 Å². The first-order valence-corrected chi connectivity index (χ1v) is 19.3. The highest BCUT2D eigenvalue weighted by Gasteiger charge is 2.40. The number of carbonyl (C=O) groups excluding carboxylic acids is 4. The number of benzene rings is 2. The Bertz CT molecular complexity index is 1830. The Balaban J connectivity index is 0.00000207. The molecular formula is C38H52F2N8O8S. The Hall–Kier alpha value is -4.79. The van der Waals surface area contributed by atoms with E-state index in [1.54, 1.807) is 6.20 Å². The lowest BCUT2D eigenvalue weighted by Gasteiger charge is -2.31. The monoisotopic (exact) mass is 818 g/mol. The summed E-state index contributed by atoms with van der Waals surface area (Å²) in [7, 11) is 0. The van der Waals surface area contributed by atoms with E-state index in [1.165, 1.54) is 4.68 Å². The van der Waals surface area contributed by atoms with Gasteiger partial charge < -0.3 is 42.7 Å². The van der Waals surface area contributed by atoms with Crippen LogP contribution in [0.5, 0.6) is 0 Å². The number of aliphatic carboxylic acids is 1. The number of hydrogen-bond donors (Lipinski definition) is 8. The molecule has 19 heteroatoms. The second-order valence-electron chi connectivity index (χ2n) is 14.3. The summed E-state index contributed by atoms with van der Waals surface area (Å²) < 4.78 is 30.3. The second-order valence-corrected chi connectivity index (χ2v) is 15.5. The summed E-state index contributed by atoms with van der Waals surface area (Å²) in [5.74, 6) is -4.69. The summed E-state index contributed by atoms with van der Waals surface area (Å²) >= 11 is 0.958. The van der Waals surface area contributed by atoms with Crippen LogP contribution in [0.2, 0.25) is 0 Å². The van der Waals surface area contributed by atoms with Crippen molar-refractivity contribution in [3.05, 3.63) is 83.2 Å². The molecule has 0 spiro atoms. The highest BCUT2D eigenvalue weighted by molar-refractivity contribution is 8.00. The molecule has 1 aromatic heterocycles. The number of hydrogen-bond acceptors (Lipinski definition) is 12. The number of thioether (sulfide) groups is 1. The van der Waals surface area contributed by atoms with Crippen LogP contribution in [0.25, 0.3) is 5.69 Å². The third kappa shape index (κ3) is 14.3. The fourth-order valence-electron chi connectivity index (χ4n) is 5.69. The molecule has 4 amide bonds. The van der Waals surface area contributed by atoms with Crippen LogP contribution in [0.15, 0.2) is 54.7 Å². The van der Waals surface area contributed by atoms with Crippen molar-refractivity contribution in [3.63, 3.8) is 0 Å². The largest absolute Gasteiger partial charge is 0.480 e. The Kier molecular flexibility index (Phi) is 18.2. The van der Waals surface area contributed by atoms with Crippen LogP contribution in [-0.2, 0) is 30.4 Å². The predicted molar refractivity (Wildman–Crippen MR) is 209 cm³/mol. The summed E-state index contributed by atoms with van der Waals surface area (Å²) in [5.41, 5.74) is 13.7. The molecule has 10 N–H and O–H groups in total. The van der Waals surface area contributed by atoms with Gasteiger partial charge in [-0.3, -0.25) is 28.9 Å². The van der Waals surface area contributed by atoms with E-state index in [0.29, 0.717) is 18.7 Å². The van der Waals surface area contributed by atoms with Crippen molar-refractivity contribution in [1.82, 2.24) is 30.6 Å². The van der Waals surface area contributed by atoms with Crippen LogP contribution >= 0.6 is 11.8 Å². The molecule has 0 aliphatic carbocycles. The van der Waals surface area contributed by atoms with Gasteiger partial charge in [-0.2, -0.15) is 5.10 Å². The van der Waals surface area contributed by atoms with E-state index < -0.39 is 70.5 Å². The average Bonchev–Trinajstić information content (AvgIpc) is 3.69. The maximum Gasteiger partial charge on any atom is 0.321 e. The van der Waals surface area contributed by atoms with Crippen molar-refractivity contribution < 1.29 is 48.1 Å². The summed E-state index contributed by atoms with van der Waals surface area (Å²) in [4.78, 5) is 61.8. The zero-order chi connectivity index (χ0) is 42.3. The number of nitrogens with two attached hydrogens (primary N) is 2. The lowest BCUT2D eigenvalue weighted by Crippen LogP contribution is -2.46. The fourth-order valence-corrected chi connectivity index (χ4v) is 6.80. The van der Waals surface area contributed by atoms with Crippen LogP contribution in [0.3, 0.4) is 0 Å². The van der Waals surface area contributed by atoms with Crippen LogP contribution in [0.1, 0.15) is 56.5 Å². The number of carboxylic acid groups (broad SMARTS) is 1. The number of likely N-dealkylation sites (tertiary alicyclic amines) is 1. The molecule has 1 saturated heterocycles. The molecule has 4 atom stereocenters. The van der Waals surface area contributed by atoms with E-state index in [1.807, 2.05) is 51.1 Å². The van der Waals surface area contributed by atoms with Gasteiger partial charge in [0.1, 0.15) is 29.9 Å². The second kappa shape index (κ2) is 22.2. The maximum absolute atomic E-state index is 14.8. The van der Waals surface area contributed by atoms with Gasteiger partial charge in [-0.05, 0) is 41.6 Å². The number of aromatic nitrogens is 2. The number of aliphatic hydroxyl groups is 2.